The number of hydrogen-bond acceptors (Lipinski definition) is 4. The smallest absolute Gasteiger partial charge is 0.419 e. The summed E-state index contributed by atoms with van der Waals surface area (Å²) in [6.07, 6.45) is -2.89. The number of hydrogen-bond donors (Lipinski definition) is 3. The predicted octanol–water partition coefficient (Wildman–Crippen LogP) is 6.14. The highest BCUT2D eigenvalue weighted by Gasteiger charge is 2.51. The Morgan fingerprint density at radius 2 is 1.62 bits per heavy atom. The van der Waals surface area contributed by atoms with E-state index < -0.39 is 53.1 Å². The summed E-state index contributed by atoms with van der Waals surface area (Å²) >= 11 is 0. The van der Waals surface area contributed by atoms with Gasteiger partial charge in [0.25, 0.3) is 5.91 Å². The maximum atomic E-state index is 15.0. The van der Waals surface area contributed by atoms with Crippen LogP contribution in [0, 0.1) is 29.4 Å². The fourth-order valence-electron chi connectivity index (χ4n) is 6.07. The number of anilines is 1. The highest BCUT2D eigenvalue weighted by Crippen LogP contribution is 2.49. The molecular weight excluding hydrogens is 563 g/mol. The van der Waals surface area contributed by atoms with Crippen molar-refractivity contribution in [1.82, 2.24) is 5.32 Å². The molecule has 0 aliphatic heterocycles. The second-order valence-corrected chi connectivity index (χ2v) is 10.5. The van der Waals surface area contributed by atoms with Crippen molar-refractivity contribution in [2.45, 2.75) is 31.5 Å². The minimum absolute atomic E-state index is 0.00140. The molecule has 2 bridgehead atoms. The van der Waals surface area contributed by atoms with Gasteiger partial charge in [0.1, 0.15) is 17.4 Å². The van der Waals surface area contributed by atoms with E-state index >= 15 is 0 Å². The van der Waals surface area contributed by atoms with Gasteiger partial charge >= 0.3 is 12.1 Å². The van der Waals surface area contributed by atoms with Gasteiger partial charge in [-0.25, -0.2) is 13.6 Å². The highest BCUT2D eigenvalue weighted by atomic mass is 19.4. The number of alkyl halides is 3. The quantitative estimate of drug-likeness (QED) is 0.288. The maximum Gasteiger partial charge on any atom is 0.419 e. The lowest BCUT2D eigenvalue weighted by Crippen LogP contribution is -2.48. The topological polar surface area (TPSA) is 105 Å². The van der Waals surface area contributed by atoms with Crippen molar-refractivity contribution < 1.29 is 46.2 Å². The number of fused-ring (bicyclic) bond motifs is 2. The molecule has 4 unspecified atom stereocenters. The van der Waals surface area contributed by atoms with Crippen LogP contribution in [-0.4, -0.2) is 36.0 Å². The predicted molar refractivity (Wildman–Crippen MR) is 141 cm³/mol. The number of aromatic carboxylic acids is 1. The summed E-state index contributed by atoms with van der Waals surface area (Å²) in [7, 11) is 1.26. The van der Waals surface area contributed by atoms with E-state index in [1.54, 1.807) is 0 Å². The standard InChI is InChI=1S/C30H25F5N2O5/c1-42-24-13-23(32)19(14-2-4-15(5-3-14)29(40)41)12-20(24)27(38)37-26-17-7-6-16(10-17)25(26)28(39)36-18-8-9-22(31)21(11-18)30(33,34)35/h2-5,8-9,11-13,16-17,25-26H,6-7,10H2,1H3,(H,36,39)(H,37,38)(H,40,41). The fourth-order valence-corrected chi connectivity index (χ4v) is 6.07. The lowest BCUT2D eigenvalue weighted by atomic mass is 9.83. The Hall–Kier alpha value is -4.48. The van der Waals surface area contributed by atoms with Crippen molar-refractivity contribution in [3.05, 3.63) is 82.9 Å². The summed E-state index contributed by atoms with van der Waals surface area (Å²) in [4.78, 5) is 38.0. The molecule has 7 nitrogen and oxygen atoms in total. The van der Waals surface area contributed by atoms with Crippen LogP contribution in [0.1, 0.15) is 45.5 Å². The van der Waals surface area contributed by atoms with Gasteiger partial charge in [-0.1, -0.05) is 12.1 Å². The lowest BCUT2D eigenvalue weighted by Gasteiger charge is -2.31. The number of halogens is 5. The summed E-state index contributed by atoms with van der Waals surface area (Å²) in [5.41, 5.74) is -1.40. The Kier molecular flexibility index (Phi) is 7.65. The molecule has 42 heavy (non-hydrogen) atoms. The van der Waals surface area contributed by atoms with E-state index in [4.69, 9.17) is 9.84 Å². The molecule has 3 aromatic rings. The zero-order valence-electron chi connectivity index (χ0n) is 22.1. The molecule has 0 radical (unpaired) electrons. The number of methoxy groups -OCH3 is 1. The zero-order valence-corrected chi connectivity index (χ0v) is 22.1. The number of carbonyl (C=O) groups excluding carboxylic acids is 2. The lowest BCUT2D eigenvalue weighted by molar-refractivity contribution is -0.140. The Morgan fingerprint density at radius 3 is 2.26 bits per heavy atom. The summed E-state index contributed by atoms with van der Waals surface area (Å²) < 4.78 is 73.5. The molecule has 3 aromatic carbocycles. The molecule has 0 spiro atoms. The molecule has 0 heterocycles. The monoisotopic (exact) mass is 588 g/mol. The summed E-state index contributed by atoms with van der Waals surface area (Å²) in [5, 5.41) is 14.4. The van der Waals surface area contributed by atoms with Crippen LogP contribution in [0.2, 0.25) is 0 Å². The van der Waals surface area contributed by atoms with E-state index in [2.05, 4.69) is 10.6 Å². The van der Waals surface area contributed by atoms with Crippen molar-refractivity contribution in [3.8, 4) is 16.9 Å². The van der Waals surface area contributed by atoms with Crippen molar-refractivity contribution >= 4 is 23.5 Å². The number of amides is 2. The number of benzene rings is 3. The van der Waals surface area contributed by atoms with E-state index in [-0.39, 0.29) is 40.0 Å². The molecule has 5 rings (SSSR count). The molecule has 4 atom stereocenters. The van der Waals surface area contributed by atoms with Gasteiger partial charge in [-0.2, -0.15) is 13.2 Å². The molecule has 2 aliphatic carbocycles. The molecule has 2 aliphatic rings. The van der Waals surface area contributed by atoms with Gasteiger partial charge in [-0.3, -0.25) is 9.59 Å². The van der Waals surface area contributed by atoms with E-state index in [9.17, 15) is 36.3 Å². The zero-order chi connectivity index (χ0) is 30.3. The van der Waals surface area contributed by atoms with Crippen LogP contribution in [0.3, 0.4) is 0 Å². The van der Waals surface area contributed by atoms with E-state index in [0.717, 1.165) is 18.6 Å². The van der Waals surface area contributed by atoms with Crippen molar-refractivity contribution in [2.24, 2.45) is 17.8 Å². The van der Waals surface area contributed by atoms with Crippen molar-refractivity contribution in [2.75, 3.05) is 12.4 Å². The molecule has 3 N–H and O–H groups in total. The molecule has 2 amide bonds. The average molecular weight is 589 g/mol. The second-order valence-electron chi connectivity index (χ2n) is 10.5. The third-order valence-corrected chi connectivity index (χ3v) is 8.03. The molecule has 2 saturated carbocycles. The number of carbonyl (C=O) groups is 3. The van der Waals surface area contributed by atoms with Gasteiger partial charge < -0.3 is 20.5 Å². The fraction of sp³-hybridized carbons (Fsp3) is 0.300. The van der Waals surface area contributed by atoms with Crippen LogP contribution in [0.25, 0.3) is 11.1 Å². The number of rotatable bonds is 7. The van der Waals surface area contributed by atoms with E-state index in [1.165, 1.54) is 37.4 Å². The Labute approximate surface area is 236 Å². The Morgan fingerprint density at radius 1 is 0.929 bits per heavy atom. The number of carboxylic acid groups (broad SMARTS) is 1. The Balaban J connectivity index is 1.40. The van der Waals surface area contributed by atoms with E-state index in [1.807, 2.05) is 0 Å². The molecule has 0 aromatic heterocycles. The molecule has 220 valence electrons. The van der Waals surface area contributed by atoms with E-state index in [0.29, 0.717) is 30.5 Å². The minimum Gasteiger partial charge on any atom is -0.496 e. The Bertz CT molecular complexity index is 1560. The van der Waals surface area contributed by atoms with Crippen LogP contribution in [-0.2, 0) is 11.0 Å². The molecular formula is C30H25F5N2O5. The normalized spacial score (nSPS) is 21.2. The number of nitrogens with one attached hydrogen (secondary N) is 2. The van der Waals surface area contributed by atoms with Gasteiger partial charge in [-0.05, 0) is 73.1 Å². The van der Waals surface area contributed by atoms with Gasteiger partial charge in [-0.15, -0.1) is 0 Å². The largest absolute Gasteiger partial charge is 0.496 e. The summed E-state index contributed by atoms with van der Waals surface area (Å²) in [6, 6.07) is 9.28. The van der Waals surface area contributed by atoms with Crippen LogP contribution in [0.4, 0.5) is 27.6 Å². The van der Waals surface area contributed by atoms with Crippen LogP contribution in [0.15, 0.2) is 54.6 Å². The first-order valence-electron chi connectivity index (χ1n) is 13.1. The van der Waals surface area contributed by atoms with Crippen LogP contribution in [0.5, 0.6) is 5.75 Å². The third kappa shape index (κ3) is 5.53. The van der Waals surface area contributed by atoms with Crippen LogP contribution < -0.4 is 15.4 Å². The van der Waals surface area contributed by atoms with Gasteiger partial charge in [0.15, 0.2) is 0 Å². The third-order valence-electron chi connectivity index (χ3n) is 8.03. The number of ether oxygens (including phenoxy) is 1. The van der Waals surface area contributed by atoms with Crippen molar-refractivity contribution in [3.63, 3.8) is 0 Å². The SMILES string of the molecule is COc1cc(F)c(-c2ccc(C(=O)O)cc2)cc1C(=O)NC1C2CCC(C2)C1C(=O)Nc1ccc(F)c(C(F)(F)F)c1. The average Bonchev–Trinajstić information content (AvgIpc) is 3.55. The van der Waals surface area contributed by atoms with Gasteiger partial charge in [0.2, 0.25) is 5.91 Å². The first-order chi connectivity index (χ1) is 19.9. The van der Waals surface area contributed by atoms with Crippen LogP contribution >= 0.6 is 0 Å². The highest BCUT2D eigenvalue weighted by molar-refractivity contribution is 6.00. The van der Waals surface area contributed by atoms with Crippen molar-refractivity contribution in [1.29, 1.82) is 0 Å². The molecule has 0 saturated heterocycles. The first kappa shape index (κ1) is 29.0. The first-order valence-corrected chi connectivity index (χ1v) is 13.1. The van der Waals surface area contributed by atoms with Gasteiger partial charge in [0.05, 0.1) is 29.7 Å². The van der Waals surface area contributed by atoms with Gasteiger partial charge in [0, 0.05) is 23.4 Å². The minimum atomic E-state index is -4.95. The molecule has 2 fully saturated rings. The summed E-state index contributed by atoms with van der Waals surface area (Å²) in [5.74, 6) is -5.58. The maximum absolute atomic E-state index is 15.0. The molecule has 12 heteroatoms. The second kappa shape index (κ2) is 11.1. The number of carboxylic acids is 1. The summed E-state index contributed by atoms with van der Waals surface area (Å²) in [6.45, 7) is 0.